The summed E-state index contributed by atoms with van der Waals surface area (Å²) in [7, 11) is 0. The third-order valence-corrected chi connectivity index (χ3v) is 7.62. The van der Waals surface area contributed by atoms with E-state index in [0.29, 0.717) is 0 Å². The van der Waals surface area contributed by atoms with E-state index in [-0.39, 0.29) is 58.1 Å². The Bertz CT molecular complexity index is 574. The van der Waals surface area contributed by atoms with Gasteiger partial charge >= 0.3 is 11.9 Å². The van der Waals surface area contributed by atoms with E-state index in [1.54, 1.807) is 0 Å². The highest BCUT2D eigenvalue weighted by atomic mass is 32.2. The summed E-state index contributed by atoms with van der Waals surface area (Å²) in [6.07, 6.45) is 5.38. The Morgan fingerprint density at radius 2 is 1.30 bits per heavy atom. The van der Waals surface area contributed by atoms with Crippen LogP contribution in [0.5, 0.6) is 0 Å². The Morgan fingerprint density at radius 1 is 0.889 bits per heavy atom. The highest BCUT2D eigenvalue weighted by Crippen LogP contribution is 2.50. The molecule has 2 aliphatic heterocycles. The van der Waals surface area contributed by atoms with E-state index in [0.717, 1.165) is 38.5 Å². The van der Waals surface area contributed by atoms with Gasteiger partial charge in [0, 0.05) is 0 Å². The number of ether oxygens (including phenoxy) is 4. The van der Waals surface area contributed by atoms with Gasteiger partial charge in [0.05, 0.1) is 35.2 Å². The maximum atomic E-state index is 12.4. The first-order valence-corrected chi connectivity index (χ1v) is 11.0. The molecule has 7 heteroatoms. The Labute approximate surface area is 165 Å². The summed E-state index contributed by atoms with van der Waals surface area (Å²) >= 11 is 1.36. The molecule has 2 saturated carbocycles. The van der Waals surface area contributed by atoms with E-state index in [1.165, 1.54) is 11.8 Å². The predicted molar refractivity (Wildman–Crippen MR) is 99.9 cm³/mol. The second-order valence-electron chi connectivity index (χ2n) is 8.93. The van der Waals surface area contributed by atoms with Crippen molar-refractivity contribution >= 4 is 23.7 Å². The molecule has 152 valence electrons. The quantitative estimate of drug-likeness (QED) is 0.385. The zero-order valence-electron chi connectivity index (χ0n) is 16.6. The molecule has 27 heavy (non-hydrogen) atoms. The monoisotopic (exact) mass is 398 g/mol. The van der Waals surface area contributed by atoms with E-state index >= 15 is 0 Å². The third kappa shape index (κ3) is 4.15. The molecule has 0 aromatic carbocycles. The van der Waals surface area contributed by atoms with Crippen molar-refractivity contribution in [2.24, 2.45) is 11.8 Å². The number of thioether (sulfide) groups is 1. The Kier molecular flexibility index (Phi) is 5.00. The molecule has 4 aliphatic rings. The van der Waals surface area contributed by atoms with Gasteiger partial charge < -0.3 is 18.9 Å². The minimum Gasteiger partial charge on any atom is -0.451 e. The molecule has 0 aromatic heterocycles. The molecule has 2 aliphatic carbocycles. The average Bonchev–Trinajstić information content (AvgIpc) is 3.45. The van der Waals surface area contributed by atoms with Crippen molar-refractivity contribution in [3.8, 4) is 0 Å². The third-order valence-electron chi connectivity index (χ3n) is 6.66. The molecular weight excluding hydrogens is 368 g/mol. The van der Waals surface area contributed by atoms with Gasteiger partial charge in [-0.05, 0) is 66.2 Å². The zero-order chi connectivity index (χ0) is 19.4. The van der Waals surface area contributed by atoms with Crippen molar-refractivity contribution in [2.75, 3.05) is 0 Å². The van der Waals surface area contributed by atoms with Crippen molar-refractivity contribution in [1.29, 1.82) is 0 Å². The summed E-state index contributed by atoms with van der Waals surface area (Å²) in [4.78, 5) is 24.8. The first-order valence-electron chi connectivity index (χ1n) is 10.1. The summed E-state index contributed by atoms with van der Waals surface area (Å²) in [6.45, 7) is 7.88. The lowest BCUT2D eigenvalue weighted by Crippen LogP contribution is -2.31. The number of rotatable bonds is 6. The first kappa shape index (κ1) is 19.5. The minimum atomic E-state index is -0.352. The van der Waals surface area contributed by atoms with E-state index < -0.39 is 0 Å². The molecule has 0 N–H and O–H groups in total. The molecule has 6 nitrogen and oxygen atoms in total. The molecule has 0 aromatic rings. The van der Waals surface area contributed by atoms with Crippen molar-refractivity contribution < 1.29 is 28.5 Å². The number of epoxide rings is 2. The lowest BCUT2D eigenvalue weighted by atomic mass is 9.83. The van der Waals surface area contributed by atoms with Crippen molar-refractivity contribution in [1.82, 2.24) is 0 Å². The van der Waals surface area contributed by atoms with Crippen LogP contribution in [0.4, 0.5) is 0 Å². The smallest absolute Gasteiger partial charge is 0.310 e. The molecule has 4 rings (SSSR count). The van der Waals surface area contributed by atoms with Gasteiger partial charge in [-0.15, -0.1) is 0 Å². The molecule has 8 atom stereocenters. The lowest BCUT2D eigenvalue weighted by Gasteiger charge is -2.25. The number of hydrogen-bond donors (Lipinski definition) is 0. The standard InChI is InChI=1S/C20H30O6S/c1-11(23-17(21)13-5-7-19(3)15(9-13)25-19)27-12(2)24-18(22)14-6-8-20(4)16(10-14)26-20/h11-16H,5-10H2,1-4H3. The molecule has 0 radical (unpaired) electrons. The molecule has 2 saturated heterocycles. The van der Waals surface area contributed by atoms with Gasteiger partial charge in [-0.25, -0.2) is 0 Å². The fourth-order valence-corrected chi connectivity index (χ4v) is 5.40. The van der Waals surface area contributed by atoms with Gasteiger partial charge in [-0.2, -0.15) is 0 Å². The van der Waals surface area contributed by atoms with Gasteiger partial charge in [-0.1, -0.05) is 11.8 Å². The van der Waals surface area contributed by atoms with E-state index in [2.05, 4.69) is 13.8 Å². The van der Waals surface area contributed by atoms with Crippen LogP contribution < -0.4 is 0 Å². The highest BCUT2D eigenvalue weighted by Gasteiger charge is 2.57. The lowest BCUT2D eigenvalue weighted by molar-refractivity contribution is -0.150. The second kappa shape index (κ2) is 6.92. The fraction of sp³-hybridized carbons (Fsp3) is 0.900. The highest BCUT2D eigenvalue weighted by molar-refractivity contribution is 8.00. The summed E-state index contributed by atoms with van der Waals surface area (Å²) in [6, 6.07) is 0. The van der Waals surface area contributed by atoms with E-state index in [1.807, 2.05) is 13.8 Å². The summed E-state index contributed by atoms with van der Waals surface area (Å²) < 4.78 is 22.5. The largest absolute Gasteiger partial charge is 0.451 e. The van der Waals surface area contributed by atoms with Gasteiger partial charge in [0.25, 0.3) is 0 Å². The van der Waals surface area contributed by atoms with E-state index in [9.17, 15) is 9.59 Å². The van der Waals surface area contributed by atoms with Crippen molar-refractivity contribution in [2.45, 2.75) is 101 Å². The molecular formula is C20H30O6S. The Morgan fingerprint density at radius 3 is 1.67 bits per heavy atom. The van der Waals surface area contributed by atoms with Crippen molar-refractivity contribution in [3.05, 3.63) is 0 Å². The van der Waals surface area contributed by atoms with Gasteiger partial charge in [0.2, 0.25) is 0 Å². The summed E-state index contributed by atoms with van der Waals surface area (Å²) in [5.41, 5.74) is -0.700. The molecule has 0 amide bonds. The van der Waals surface area contributed by atoms with Crippen molar-refractivity contribution in [3.63, 3.8) is 0 Å². The number of carbonyl (C=O) groups is 2. The Hall–Kier alpha value is -0.790. The molecule has 0 spiro atoms. The van der Waals surface area contributed by atoms with Gasteiger partial charge in [0.1, 0.15) is 10.9 Å². The summed E-state index contributed by atoms with van der Waals surface area (Å²) in [5, 5.41) is 0. The number of esters is 2. The van der Waals surface area contributed by atoms with Gasteiger partial charge in [0.15, 0.2) is 0 Å². The van der Waals surface area contributed by atoms with Gasteiger partial charge in [-0.3, -0.25) is 9.59 Å². The molecule has 4 fully saturated rings. The molecule has 8 unspecified atom stereocenters. The van der Waals surface area contributed by atoms with Crippen LogP contribution in [0.15, 0.2) is 0 Å². The Balaban J connectivity index is 1.17. The molecule has 0 bridgehead atoms. The predicted octanol–water partition coefficient (Wildman–Crippen LogP) is 3.41. The maximum absolute atomic E-state index is 12.4. The van der Waals surface area contributed by atoms with Crippen LogP contribution in [0.2, 0.25) is 0 Å². The SMILES string of the molecule is CC(OC(=O)C1CCC2(C)OC2C1)SC(C)OC(=O)C1CCC2(C)OC2C1. The second-order valence-corrected chi connectivity index (χ2v) is 10.5. The number of carbonyl (C=O) groups excluding carboxylic acids is 2. The van der Waals surface area contributed by atoms with Crippen LogP contribution in [0.1, 0.15) is 66.2 Å². The maximum Gasteiger partial charge on any atom is 0.310 e. The molecule has 2 heterocycles. The fourth-order valence-electron chi connectivity index (χ4n) is 4.56. The van der Waals surface area contributed by atoms with Crippen LogP contribution in [0.3, 0.4) is 0 Å². The average molecular weight is 399 g/mol. The van der Waals surface area contributed by atoms with Crippen LogP contribution in [0.25, 0.3) is 0 Å². The van der Waals surface area contributed by atoms with Crippen LogP contribution in [-0.2, 0) is 28.5 Å². The number of hydrogen-bond acceptors (Lipinski definition) is 7. The summed E-state index contributed by atoms with van der Waals surface area (Å²) in [5.74, 6) is -0.491. The van der Waals surface area contributed by atoms with Crippen LogP contribution in [0, 0.1) is 11.8 Å². The number of fused-ring (bicyclic) bond motifs is 2. The zero-order valence-corrected chi connectivity index (χ0v) is 17.4. The van der Waals surface area contributed by atoms with E-state index in [4.69, 9.17) is 18.9 Å². The first-order chi connectivity index (χ1) is 12.7. The minimum absolute atomic E-state index is 0.00191. The van der Waals surface area contributed by atoms with Crippen LogP contribution >= 0.6 is 11.8 Å². The normalized spacial score (nSPS) is 44.3. The topological polar surface area (TPSA) is 77.7 Å². The van der Waals surface area contributed by atoms with Crippen LogP contribution in [-0.4, -0.2) is 46.2 Å².